The maximum atomic E-state index is 11.9. The van der Waals surface area contributed by atoms with Gasteiger partial charge in [-0.3, -0.25) is 9.59 Å². The molecule has 31 heavy (non-hydrogen) atoms. The Balaban J connectivity index is 0.00000480. The van der Waals surface area contributed by atoms with Crippen LogP contribution in [0.25, 0.3) is 0 Å². The van der Waals surface area contributed by atoms with Gasteiger partial charge in [0.15, 0.2) is 5.78 Å². The lowest BCUT2D eigenvalue weighted by Gasteiger charge is -2.22. The molecule has 3 unspecified atom stereocenters. The van der Waals surface area contributed by atoms with Gasteiger partial charge in [-0.15, -0.1) is 12.4 Å². The SMILES string of the molecule is CC(=O)Nc1ccc(OCC(O)CNC(C)C(O)c2ccc(O)cc2)c(C(C)=O)c1.Cl. The molecule has 0 spiro atoms. The predicted octanol–water partition coefficient (Wildman–Crippen LogP) is 2.43. The molecule has 0 aromatic heterocycles. The summed E-state index contributed by atoms with van der Waals surface area (Å²) >= 11 is 0. The van der Waals surface area contributed by atoms with E-state index < -0.39 is 12.2 Å². The first kappa shape index (κ1) is 26.4. The molecular weight excluding hydrogens is 424 g/mol. The van der Waals surface area contributed by atoms with Gasteiger partial charge in [-0.2, -0.15) is 0 Å². The number of amides is 1. The molecule has 0 fully saturated rings. The summed E-state index contributed by atoms with van der Waals surface area (Å²) < 4.78 is 5.60. The van der Waals surface area contributed by atoms with Crippen LogP contribution >= 0.6 is 12.4 Å². The van der Waals surface area contributed by atoms with E-state index in [1.54, 1.807) is 31.2 Å². The second-order valence-electron chi connectivity index (χ2n) is 7.15. The fourth-order valence-corrected chi connectivity index (χ4v) is 2.85. The smallest absolute Gasteiger partial charge is 0.221 e. The van der Waals surface area contributed by atoms with E-state index in [0.29, 0.717) is 22.6 Å². The molecule has 170 valence electrons. The number of carbonyl (C=O) groups is 2. The number of Topliss-reactive ketones (excluding diaryl/α,β-unsaturated/α-hetero) is 1. The fraction of sp³-hybridized carbons (Fsp3) is 0.364. The van der Waals surface area contributed by atoms with Crippen molar-refractivity contribution in [1.29, 1.82) is 0 Å². The normalized spacial score (nSPS) is 13.5. The molecule has 2 aromatic rings. The number of ether oxygens (including phenoxy) is 1. The minimum atomic E-state index is -0.880. The van der Waals surface area contributed by atoms with Crippen molar-refractivity contribution in [2.75, 3.05) is 18.5 Å². The largest absolute Gasteiger partial charge is 0.508 e. The maximum Gasteiger partial charge on any atom is 0.221 e. The number of phenolic OH excluding ortho intramolecular Hbond substituents is 1. The maximum absolute atomic E-state index is 11.9. The van der Waals surface area contributed by atoms with E-state index in [4.69, 9.17) is 4.74 Å². The molecule has 9 heteroatoms. The number of rotatable bonds is 10. The third-order valence-electron chi connectivity index (χ3n) is 4.49. The highest BCUT2D eigenvalue weighted by atomic mass is 35.5. The second kappa shape index (κ2) is 12.3. The van der Waals surface area contributed by atoms with Gasteiger partial charge >= 0.3 is 0 Å². The number of halogens is 1. The number of aliphatic hydroxyl groups is 2. The Morgan fingerprint density at radius 2 is 1.71 bits per heavy atom. The van der Waals surface area contributed by atoms with Gasteiger partial charge in [0.2, 0.25) is 5.91 Å². The van der Waals surface area contributed by atoms with E-state index in [1.165, 1.54) is 32.0 Å². The van der Waals surface area contributed by atoms with Crippen LogP contribution in [0, 0.1) is 0 Å². The molecule has 1 amide bonds. The average molecular weight is 453 g/mol. The number of carbonyl (C=O) groups excluding carboxylic acids is 2. The summed E-state index contributed by atoms with van der Waals surface area (Å²) in [5.41, 5.74) is 1.43. The lowest BCUT2D eigenvalue weighted by Crippen LogP contribution is -2.39. The number of aliphatic hydroxyl groups excluding tert-OH is 2. The first-order valence-electron chi connectivity index (χ1n) is 9.61. The zero-order valence-electron chi connectivity index (χ0n) is 17.7. The van der Waals surface area contributed by atoms with E-state index in [2.05, 4.69) is 10.6 Å². The Morgan fingerprint density at radius 3 is 2.29 bits per heavy atom. The highest BCUT2D eigenvalue weighted by Gasteiger charge is 2.18. The summed E-state index contributed by atoms with van der Waals surface area (Å²) in [6.45, 7) is 4.65. The van der Waals surface area contributed by atoms with Gasteiger partial charge in [-0.1, -0.05) is 12.1 Å². The lowest BCUT2D eigenvalue weighted by molar-refractivity contribution is -0.114. The van der Waals surface area contributed by atoms with Crippen molar-refractivity contribution in [3.8, 4) is 11.5 Å². The zero-order chi connectivity index (χ0) is 22.3. The zero-order valence-corrected chi connectivity index (χ0v) is 18.5. The number of phenols is 1. The minimum absolute atomic E-state index is 0. The fourth-order valence-electron chi connectivity index (χ4n) is 2.85. The molecule has 0 aliphatic heterocycles. The summed E-state index contributed by atoms with van der Waals surface area (Å²) in [7, 11) is 0. The van der Waals surface area contributed by atoms with Crippen molar-refractivity contribution in [3.05, 3.63) is 53.6 Å². The number of aromatic hydroxyl groups is 1. The van der Waals surface area contributed by atoms with Crippen LogP contribution in [0.5, 0.6) is 11.5 Å². The van der Waals surface area contributed by atoms with Gasteiger partial charge in [-0.25, -0.2) is 0 Å². The van der Waals surface area contributed by atoms with Crippen LogP contribution in [-0.2, 0) is 4.79 Å². The summed E-state index contributed by atoms with van der Waals surface area (Å²) in [5.74, 6) is -0.0410. The summed E-state index contributed by atoms with van der Waals surface area (Å²) in [6, 6.07) is 10.6. The third-order valence-corrected chi connectivity index (χ3v) is 4.49. The number of anilines is 1. The molecular formula is C22H29ClN2O6. The van der Waals surface area contributed by atoms with Gasteiger partial charge in [0.25, 0.3) is 0 Å². The molecule has 0 aliphatic carbocycles. The van der Waals surface area contributed by atoms with Gasteiger partial charge in [0.1, 0.15) is 24.2 Å². The summed E-state index contributed by atoms with van der Waals surface area (Å²) in [4.78, 5) is 23.1. The first-order chi connectivity index (χ1) is 14.2. The molecule has 3 atom stereocenters. The van der Waals surface area contributed by atoms with Crippen LogP contribution in [0.15, 0.2) is 42.5 Å². The van der Waals surface area contributed by atoms with E-state index in [0.717, 1.165) is 0 Å². The van der Waals surface area contributed by atoms with Crippen molar-refractivity contribution in [3.63, 3.8) is 0 Å². The van der Waals surface area contributed by atoms with Crippen LogP contribution < -0.4 is 15.4 Å². The molecule has 0 saturated carbocycles. The monoisotopic (exact) mass is 452 g/mol. The van der Waals surface area contributed by atoms with E-state index >= 15 is 0 Å². The Kier molecular flexibility index (Phi) is 10.4. The van der Waals surface area contributed by atoms with Crippen LogP contribution in [0.3, 0.4) is 0 Å². The topological polar surface area (TPSA) is 128 Å². The van der Waals surface area contributed by atoms with Crippen molar-refractivity contribution in [1.82, 2.24) is 5.32 Å². The van der Waals surface area contributed by atoms with E-state index in [1.807, 2.05) is 0 Å². The third kappa shape index (κ3) is 8.18. The molecule has 5 N–H and O–H groups in total. The standard InChI is InChI=1S/C22H28N2O6.ClH/c1-13(22(29)16-4-7-18(27)8-5-16)23-11-19(28)12-30-21-9-6-17(24-15(3)26)10-20(21)14(2)25;/h4-10,13,19,22-23,27-29H,11-12H2,1-3H3,(H,24,26);1H. The quantitative estimate of drug-likeness (QED) is 0.350. The number of hydrogen-bond donors (Lipinski definition) is 5. The van der Waals surface area contributed by atoms with Crippen LogP contribution in [0.4, 0.5) is 5.69 Å². The van der Waals surface area contributed by atoms with Crippen molar-refractivity contribution in [2.45, 2.75) is 39.0 Å². The van der Waals surface area contributed by atoms with Gasteiger partial charge in [0, 0.05) is 25.2 Å². The molecule has 2 aromatic carbocycles. The van der Waals surface area contributed by atoms with Crippen LogP contribution in [0.1, 0.15) is 42.8 Å². The number of benzene rings is 2. The Bertz CT molecular complexity index is 875. The van der Waals surface area contributed by atoms with Gasteiger partial charge < -0.3 is 30.7 Å². The van der Waals surface area contributed by atoms with Gasteiger partial charge in [0.05, 0.1) is 11.7 Å². The molecule has 0 heterocycles. The van der Waals surface area contributed by atoms with Crippen molar-refractivity contribution >= 4 is 29.8 Å². The Labute approximate surface area is 187 Å². The van der Waals surface area contributed by atoms with Crippen LogP contribution in [0.2, 0.25) is 0 Å². The predicted molar refractivity (Wildman–Crippen MR) is 120 cm³/mol. The highest BCUT2D eigenvalue weighted by Crippen LogP contribution is 2.24. The Hall–Kier alpha value is -2.65. The number of hydrogen-bond acceptors (Lipinski definition) is 7. The van der Waals surface area contributed by atoms with Crippen molar-refractivity contribution < 1.29 is 29.6 Å². The Morgan fingerprint density at radius 1 is 1.06 bits per heavy atom. The average Bonchev–Trinajstić information content (AvgIpc) is 2.70. The molecule has 0 radical (unpaired) electrons. The molecule has 0 aliphatic rings. The van der Waals surface area contributed by atoms with E-state index in [-0.39, 0.29) is 49.0 Å². The molecule has 0 saturated heterocycles. The van der Waals surface area contributed by atoms with Gasteiger partial charge in [-0.05, 0) is 49.7 Å². The second-order valence-corrected chi connectivity index (χ2v) is 7.15. The summed E-state index contributed by atoms with van der Waals surface area (Å²) in [5, 5.41) is 35.6. The summed E-state index contributed by atoms with van der Waals surface area (Å²) in [6.07, 6.45) is -1.70. The molecule has 8 nitrogen and oxygen atoms in total. The molecule has 2 rings (SSSR count). The first-order valence-corrected chi connectivity index (χ1v) is 9.61. The van der Waals surface area contributed by atoms with Crippen molar-refractivity contribution in [2.24, 2.45) is 0 Å². The van der Waals surface area contributed by atoms with Crippen LogP contribution in [-0.4, -0.2) is 52.3 Å². The number of nitrogens with one attached hydrogen (secondary N) is 2. The van der Waals surface area contributed by atoms with E-state index in [9.17, 15) is 24.9 Å². The molecule has 0 bridgehead atoms. The highest BCUT2D eigenvalue weighted by molar-refractivity contribution is 5.99. The minimum Gasteiger partial charge on any atom is -0.508 e. The number of ketones is 1. The lowest BCUT2D eigenvalue weighted by atomic mass is 10.0.